The highest BCUT2D eigenvalue weighted by Crippen LogP contribution is 2.32. The van der Waals surface area contributed by atoms with Crippen LogP contribution < -0.4 is 4.72 Å². The van der Waals surface area contributed by atoms with E-state index in [1.165, 1.54) is 23.4 Å². The lowest BCUT2D eigenvalue weighted by atomic mass is 10.0. The molecule has 0 aliphatic rings. The predicted molar refractivity (Wildman–Crippen MR) is 133 cm³/mol. The van der Waals surface area contributed by atoms with E-state index in [0.29, 0.717) is 17.7 Å². The van der Waals surface area contributed by atoms with Crippen molar-refractivity contribution < 1.29 is 21.6 Å². The number of nitrogens with zero attached hydrogens (tertiary/aromatic N) is 2. The van der Waals surface area contributed by atoms with Gasteiger partial charge in [-0.25, -0.2) is 4.98 Å². The van der Waals surface area contributed by atoms with Crippen LogP contribution >= 0.6 is 0 Å². The summed E-state index contributed by atoms with van der Waals surface area (Å²) in [6.45, 7) is 6.78. The molecular weight excluding hydrogens is 475 g/mol. The van der Waals surface area contributed by atoms with Crippen molar-refractivity contribution in [3.63, 3.8) is 0 Å². The maximum Gasteiger partial charge on any atom is 0.516 e. The summed E-state index contributed by atoms with van der Waals surface area (Å²) >= 11 is 0. The fourth-order valence-corrected chi connectivity index (χ4v) is 4.81. The number of para-hydroxylation sites is 1. The maximum atomic E-state index is 12.9. The van der Waals surface area contributed by atoms with Gasteiger partial charge in [0.15, 0.2) is 0 Å². The Morgan fingerprint density at radius 2 is 1.69 bits per heavy atom. The van der Waals surface area contributed by atoms with E-state index in [-0.39, 0.29) is 5.69 Å². The Labute approximate surface area is 202 Å². The van der Waals surface area contributed by atoms with Crippen molar-refractivity contribution in [2.45, 2.75) is 45.7 Å². The standard InChI is InChI=1S/C26H26F3N3O2S/c1-4-7-21-15-23-17(2)14-18(3)30-25(23)32(21)16-19-10-12-20(13-11-19)22-8-5-6-9-24(22)31-35(33,34)26(27,28)29/h5-6,8-15,31H,4,7,16H2,1-3H3. The molecule has 0 bridgehead atoms. The highest BCUT2D eigenvalue weighted by molar-refractivity contribution is 7.93. The molecule has 35 heavy (non-hydrogen) atoms. The Kier molecular flexibility index (Phi) is 6.64. The van der Waals surface area contributed by atoms with Gasteiger partial charge in [0, 0.05) is 28.9 Å². The van der Waals surface area contributed by atoms with Crippen LogP contribution in [0.25, 0.3) is 22.2 Å². The number of hydrogen-bond acceptors (Lipinski definition) is 3. The van der Waals surface area contributed by atoms with Gasteiger partial charge in [0.05, 0.1) is 5.69 Å². The monoisotopic (exact) mass is 501 g/mol. The number of fused-ring (bicyclic) bond motifs is 1. The Morgan fingerprint density at radius 3 is 2.34 bits per heavy atom. The van der Waals surface area contributed by atoms with E-state index >= 15 is 0 Å². The van der Waals surface area contributed by atoms with Crippen LogP contribution in [0.5, 0.6) is 0 Å². The van der Waals surface area contributed by atoms with Crippen LogP contribution in [0.4, 0.5) is 18.9 Å². The van der Waals surface area contributed by atoms with Crippen molar-refractivity contribution in [1.82, 2.24) is 9.55 Å². The summed E-state index contributed by atoms with van der Waals surface area (Å²) in [6, 6.07) is 17.6. The third-order valence-corrected chi connectivity index (χ3v) is 6.97. The van der Waals surface area contributed by atoms with Crippen molar-refractivity contribution in [3.05, 3.63) is 83.2 Å². The van der Waals surface area contributed by atoms with Crippen molar-refractivity contribution in [2.75, 3.05) is 4.72 Å². The molecule has 0 unspecified atom stereocenters. The molecule has 0 saturated carbocycles. The zero-order chi connectivity index (χ0) is 25.4. The van der Waals surface area contributed by atoms with Crippen LogP contribution in [0.1, 0.15) is 35.9 Å². The number of halogens is 3. The zero-order valence-corrected chi connectivity index (χ0v) is 20.5. The summed E-state index contributed by atoms with van der Waals surface area (Å²) in [5, 5.41) is 1.13. The second-order valence-electron chi connectivity index (χ2n) is 8.58. The van der Waals surface area contributed by atoms with E-state index in [9.17, 15) is 21.6 Å². The number of aromatic nitrogens is 2. The Bertz CT molecular complexity index is 1470. The second-order valence-corrected chi connectivity index (χ2v) is 10.3. The molecule has 0 fully saturated rings. The largest absolute Gasteiger partial charge is 0.516 e. The highest BCUT2D eigenvalue weighted by atomic mass is 32.2. The van der Waals surface area contributed by atoms with Crippen LogP contribution in [0, 0.1) is 13.8 Å². The van der Waals surface area contributed by atoms with Crippen LogP contribution in [0.2, 0.25) is 0 Å². The normalized spacial score (nSPS) is 12.3. The van der Waals surface area contributed by atoms with Crippen molar-refractivity contribution in [2.24, 2.45) is 0 Å². The molecule has 5 nitrogen and oxygen atoms in total. The molecule has 2 aromatic heterocycles. The molecule has 0 spiro atoms. The number of benzene rings is 2. The molecule has 2 aromatic carbocycles. The van der Waals surface area contributed by atoms with Crippen molar-refractivity contribution in [1.29, 1.82) is 0 Å². The van der Waals surface area contributed by atoms with Gasteiger partial charge < -0.3 is 4.57 Å². The van der Waals surface area contributed by atoms with Gasteiger partial charge in [0.2, 0.25) is 0 Å². The molecule has 2 heterocycles. The van der Waals surface area contributed by atoms with E-state index < -0.39 is 15.5 Å². The predicted octanol–water partition coefficient (Wildman–Crippen LogP) is 6.58. The van der Waals surface area contributed by atoms with Crippen molar-refractivity contribution >= 4 is 26.7 Å². The van der Waals surface area contributed by atoms with Gasteiger partial charge >= 0.3 is 15.5 Å². The first-order valence-electron chi connectivity index (χ1n) is 11.2. The molecule has 9 heteroatoms. The van der Waals surface area contributed by atoms with Crippen molar-refractivity contribution in [3.8, 4) is 11.1 Å². The first kappa shape index (κ1) is 24.8. The number of pyridine rings is 1. The molecule has 4 rings (SSSR count). The first-order valence-corrected chi connectivity index (χ1v) is 12.7. The Balaban J connectivity index is 1.67. The smallest absolute Gasteiger partial charge is 0.325 e. The number of anilines is 1. The Morgan fingerprint density at radius 1 is 1.00 bits per heavy atom. The fourth-order valence-electron chi connectivity index (χ4n) is 4.23. The topological polar surface area (TPSA) is 64.0 Å². The lowest BCUT2D eigenvalue weighted by molar-refractivity contribution is -0.0429. The number of alkyl halides is 3. The maximum absolute atomic E-state index is 12.9. The molecule has 0 atom stereocenters. The molecule has 1 N–H and O–H groups in total. The summed E-state index contributed by atoms with van der Waals surface area (Å²) in [6.07, 6.45) is 1.91. The fraction of sp³-hybridized carbons (Fsp3) is 0.269. The second kappa shape index (κ2) is 9.37. The first-order chi connectivity index (χ1) is 16.5. The zero-order valence-electron chi connectivity index (χ0n) is 19.6. The number of nitrogens with one attached hydrogen (secondary N) is 1. The average molecular weight is 502 g/mol. The van der Waals surface area contributed by atoms with Gasteiger partial charge in [-0.15, -0.1) is 0 Å². The number of aryl methyl sites for hydroxylation is 3. The molecule has 4 aromatic rings. The lowest BCUT2D eigenvalue weighted by Crippen LogP contribution is -2.30. The summed E-state index contributed by atoms with van der Waals surface area (Å²) in [5.74, 6) is 0. The van der Waals surface area contributed by atoms with Gasteiger partial charge in [0.25, 0.3) is 0 Å². The van der Waals surface area contributed by atoms with Crippen LogP contribution in [0.3, 0.4) is 0 Å². The van der Waals surface area contributed by atoms with Crippen LogP contribution in [-0.2, 0) is 23.0 Å². The quantitative estimate of drug-likeness (QED) is 0.311. The van der Waals surface area contributed by atoms with E-state index in [1.54, 1.807) is 29.0 Å². The molecule has 0 radical (unpaired) electrons. The average Bonchev–Trinajstić information content (AvgIpc) is 3.11. The molecule has 0 aliphatic heterocycles. The van der Waals surface area contributed by atoms with E-state index in [2.05, 4.69) is 30.5 Å². The van der Waals surface area contributed by atoms with Gasteiger partial charge in [-0.1, -0.05) is 55.8 Å². The lowest BCUT2D eigenvalue weighted by Gasteiger charge is -2.15. The minimum Gasteiger partial charge on any atom is -0.325 e. The molecule has 0 aliphatic carbocycles. The van der Waals surface area contributed by atoms with Gasteiger partial charge in [0.1, 0.15) is 5.65 Å². The number of hydrogen-bond donors (Lipinski definition) is 1. The van der Waals surface area contributed by atoms with Crippen LogP contribution in [-0.4, -0.2) is 23.5 Å². The van der Waals surface area contributed by atoms with E-state index in [4.69, 9.17) is 4.98 Å². The SMILES string of the molecule is CCCc1cc2c(C)cc(C)nc2n1Cc1ccc(-c2ccccc2NS(=O)(=O)C(F)(F)F)cc1. The number of rotatable bonds is 7. The summed E-state index contributed by atoms with van der Waals surface area (Å²) in [5.41, 5.74) is 0.684. The molecule has 0 saturated heterocycles. The minimum absolute atomic E-state index is 0.130. The summed E-state index contributed by atoms with van der Waals surface area (Å²) in [7, 11) is -5.52. The molecular formula is C26H26F3N3O2S. The van der Waals surface area contributed by atoms with Crippen LogP contribution in [0.15, 0.2) is 60.7 Å². The molecule has 0 amide bonds. The Hall–Kier alpha value is -3.33. The summed E-state index contributed by atoms with van der Waals surface area (Å²) < 4.78 is 65.8. The highest BCUT2D eigenvalue weighted by Gasteiger charge is 2.46. The third-order valence-electron chi connectivity index (χ3n) is 5.87. The number of sulfonamides is 1. The van der Waals surface area contributed by atoms with Gasteiger partial charge in [-0.05, 0) is 55.2 Å². The van der Waals surface area contributed by atoms with E-state index in [1.807, 2.05) is 19.1 Å². The molecule has 184 valence electrons. The van der Waals surface area contributed by atoms with Gasteiger partial charge in [-0.2, -0.15) is 21.6 Å². The van der Waals surface area contributed by atoms with Gasteiger partial charge in [-0.3, -0.25) is 4.72 Å². The summed E-state index contributed by atoms with van der Waals surface area (Å²) in [4.78, 5) is 4.77. The minimum atomic E-state index is -5.52. The third kappa shape index (κ3) is 5.05. The van der Waals surface area contributed by atoms with E-state index in [0.717, 1.165) is 35.1 Å².